The number of aryl methyl sites for hydroxylation is 1. The summed E-state index contributed by atoms with van der Waals surface area (Å²) in [4.78, 5) is 15.3. The minimum atomic E-state index is -0.962. The van der Waals surface area contributed by atoms with Gasteiger partial charge in [0.15, 0.2) is 0 Å². The van der Waals surface area contributed by atoms with Crippen LogP contribution in [0.5, 0.6) is 5.75 Å². The van der Waals surface area contributed by atoms with Crippen molar-refractivity contribution in [3.63, 3.8) is 0 Å². The third-order valence-electron chi connectivity index (χ3n) is 2.85. The first-order chi connectivity index (χ1) is 9.60. The quantitative estimate of drug-likeness (QED) is 0.875. The van der Waals surface area contributed by atoms with E-state index in [9.17, 15) is 4.79 Å². The van der Waals surface area contributed by atoms with Crippen LogP contribution in [0.15, 0.2) is 36.4 Å². The lowest BCUT2D eigenvalue weighted by molar-refractivity contribution is 0.0696. The Kier molecular flexibility index (Phi) is 4.20. The van der Waals surface area contributed by atoms with Crippen LogP contribution >= 0.6 is 0 Å². The first kappa shape index (κ1) is 13.9. The van der Waals surface area contributed by atoms with Crippen molar-refractivity contribution in [2.75, 3.05) is 12.4 Å². The molecule has 0 bridgehead atoms. The zero-order valence-electron chi connectivity index (χ0n) is 11.4. The number of carboxylic acid groups (broad SMARTS) is 1. The highest BCUT2D eigenvalue weighted by atomic mass is 16.5. The maximum Gasteiger partial charge on any atom is 0.335 e. The maximum atomic E-state index is 11.0. The number of anilines is 1. The fraction of sp³-hybridized carbons (Fsp3) is 0.200. The second-order valence-electron chi connectivity index (χ2n) is 4.35. The number of methoxy groups -OCH3 is 1. The number of aromatic nitrogens is 1. The molecule has 1 aromatic carbocycles. The summed E-state index contributed by atoms with van der Waals surface area (Å²) in [5.74, 6) is 0.357. The summed E-state index contributed by atoms with van der Waals surface area (Å²) in [6.45, 7) is 2.28. The van der Waals surface area contributed by atoms with E-state index in [2.05, 4.69) is 10.3 Å². The van der Waals surface area contributed by atoms with Crippen molar-refractivity contribution < 1.29 is 14.6 Å². The number of nitrogens with one attached hydrogen (secondary N) is 1. The van der Waals surface area contributed by atoms with Crippen LogP contribution in [0.25, 0.3) is 0 Å². The summed E-state index contributed by atoms with van der Waals surface area (Å²) in [5.41, 5.74) is 1.86. The van der Waals surface area contributed by atoms with E-state index in [0.717, 1.165) is 11.3 Å². The summed E-state index contributed by atoms with van der Waals surface area (Å²) in [5, 5.41) is 12.1. The van der Waals surface area contributed by atoms with Crippen molar-refractivity contribution in [2.45, 2.75) is 13.5 Å². The second kappa shape index (κ2) is 6.06. The van der Waals surface area contributed by atoms with Gasteiger partial charge in [0.1, 0.15) is 11.6 Å². The number of para-hydroxylation sites is 1. The zero-order valence-corrected chi connectivity index (χ0v) is 11.4. The minimum absolute atomic E-state index is 0.222. The van der Waals surface area contributed by atoms with Gasteiger partial charge in [0.25, 0.3) is 0 Å². The predicted molar refractivity (Wildman–Crippen MR) is 76.3 cm³/mol. The van der Waals surface area contributed by atoms with E-state index in [1.54, 1.807) is 14.0 Å². The van der Waals surface area contributed by atoms with Gasteiger partial charge in [-0.25, -0.2) is 9.78 Å². The smallest absolute Gasteiger partial charge is 0.335 e. The number of carbonyl (C=O) groups is 1. The van der Waals surface area contributed by atoms with Gasteiger partial charge in [-0.2, -0.15) is 0 Å². The molecule has 0 fully saturated rings. The van der Waals surface area contributed by atoms with Crippen molar-refractivity contribution in [2.24, 2.45) is 0 Å². The van der Waals surface area contributed by atoms with Crippen LogP contribution in [-0.2, 0) is 6.54 Å². The van der Waals surface area contributed by atoms with Crippen LogP contribution in [0.3, 0.4) is 0 Å². The molecule has 0 unspecified atom stereocenters. The molecule has 0 aliphatic carbocycles. The molecule has 1 aromatic heterocycles. The van der Waals surface area contributed by atoms with Crippen LogP contribution in [0.2, 0.25) is 0 Å². The molecule has 5 heteroatoms. The number of hydrogen-bond donors (Lipinski definition) is 2. The molecular formula is C15H16N2O3. The van der Waals surface area contributed by atoms with Crippen LogP contribution in [0.4, 0.5) is 5.82 Å². The van der Waals surface area contributed by atoms with Crippen molar-refractivity contribution in [1.82, 2.24) is 4.98 Å². The second-order valence-corrected chi connectivity index (χ2v) is 4.35. The standard InChI is InChI=1S/C15H16N2O3/c1-10-7-12(15(18)19)8-14(17-10)16-9-11-5-3-4-6-13(11)20-2/h3-8H,9H2,1-2H3,(H,16,17)(H,18,19). The molecule has 0 atom stereocenters. The summed E-state index contributed by atoms with van der Waals surface area (Å²) < 4.78 is 5.26. The van der Waals surface area contributed by atoms with Crippen LogP contribution in [0.1, 0.15) is 21.6 Å². The fourth-order valence-corrected chi connectivity index (χ4v) is 1.92. The molecular weight excluding hydrogens is 256 g/mol. The van der Waals surface area contributed by atoms with E-state index in [1.807, 2.05) is 24.3 Å². The highest BCUT2D eigenvalue weighted by Gasteiger charge is 2.07. The number of hydrogen-bond acceptors (Lipinski definition) is 4. The van der Waals surface area contributed by atoms with Crippen LogP contribution in [0, 0.1) is 6.92 Å². The molecule has 5 nitrogen and oxygen atoms in total. The molecule has 2 rings (SSSR count). The Morgan fingerprint density at radius 2 is 2.10 bits per heavy atom. The summed E-state index contributed by atoms with van der Waals surface area (Å²) in [6, 6.07) is 10.7. The maximum absolute atomic E-state index is 11.0. The first-order valence-electron chi connectivity index (χ1n) is 6.18. The fourth-order valence-electron chi connectivity index (χ4n) is 1.92. The van der Waals surface area contributed by atoms with Gasteiger partial charge in [0.2, 0.25) is 0 Å². The zero-order chi connectivity index (χ0) is 14.5. The van der Waals surface area contributed by atoms with Gasteiger partial charge >= 0.3 is 5.97 Å². The summed E-state index contributed by atoms with van der Waals surface area (Å²) >= 11 is 0. The highest BCUT2D eigenvalue weighted by molar-refractivity contribution is 5.88. The minimum Gasteiger partial charge on any atom is -0.496 e. The van der Waals surface area contributed by atoms with Gasteiger partial charge < -0.3 is 15.2 Å². The lowest BCUT2D eigenvalue weighted by Crippen LogP contribution is -2.06. The molecule has 104 valence electrons. The number of aromatic carboxylic acids is 1. The normalized spacial score (nSPS) is 10.1. The molecule has 2 aromatic rings. The van der Waals surface area contributed by atoms with E-state index >= 15 is 0 Å². The van der Waals surface area contributed by atoms with Gasteiger partial charge in [-0.05, 0) is 25.1 Å². The number of rotatable bonds is 5. The average molecular weight is 272 g/mol. The molecule has 0 aliphatic heterocycles. The number of nitrogens with zero attached hydrogens (tertiary/aromatic N) is 1. The van der Waals surface area contributed by atoms with Gasteiger partial charge in [-0.1, -0.05) is 18.2 Å². The van der Waals surface area contributed by atoms with Crippen molar-refractivity contribution in [3.8, 4) is 5.75 Å². The average Bonchev–Trinajstić information content (AvgIpc) is 2.44. The topological polar surface area (TPSA) is 71.5 Å². The lowest BCUT2D eigenvalue weighted by atomic mass is 10.2. The van der Waals surface area contributed by atoms with E-state index in [4.69, 9.17) is 9.84 Å². The van der Waals surface area contributed by atoms with Crippen molar-refractivity contribution >= 4 is 11.8 Å². The third-order valence-corrected chi connectivity index (χ3v) is 2.85. The number of pyridine rings is 1. The highest BCUT2D eigenvalue weighted by Crippen LogP contribution is 2.19. The molecule has 0 aliphatic rings. The molecule has 0 saturated carbocycles. The predicted octanol–water partition coefficient (Wildman–Crippen LogP) is 2.71. The first-order valence-corrected chi connectivity index (χ1v) is 6.18. The third kappa shape index (κ3) is 3.26. The molecule has 0 amide bonds. The van der Waals surface area contributed by atoms with Gasteiger partial charge in [0.05, 0.1) is 12.7 Å². The van der Waals surface area contributed by atoms with Gasteiger partial charge in [-0.3, -0.25) is 0 Å². The molecule has 0 spiro atoms. The number of ether oxygens (including phenoxy) is 1. The number of benzene rings is 1. The van der Waals surface area contributed by atoms with Crippen molar-refractivity contribution in [1.29, 1.82) is 0 Å². The summed E-state index contributed by atoms with van der Waals surface area (Å²) in [6.07, 6.45) is 0. The molecule has 0 radical (unpaired) electrons. The largest absolute Gasteiger partial charge is 0.496 e. The molecule has 1 heterocycles. The van der Waals surface area contributed by atoms with Crippen LogP contribution in [-0.4, -0.2) is 23.2 Å². The molecule has 0 saturated heterocycles. The Morgan fingerprint density at radius 1 is 1.35 bits per heavy atom. The van der Waals surface area contributed by atoms with E-state index in [-0.39, 0.29) is 5.56 Å². The Balaban J connectivity index is 2.16. The van der Waals surface area contributed by atoms with Crippen LogP contribution < -0.4 is 10.1 Å². The van der Waals surface area contributed by atoms with E-state index < -0.39 is 5.97 Å². The SMILES string of the molecule is COc1ccccc1CNc1cc(C(=O)O)cc(C)n1. The Morgan fingerprint density at radius 3 is 2.80 bits per heavy atom. The molecule has 20 heavy (non-hydrogen) atoms. The summed E-state index contributed by atoms with van der Waals surface area (Å²) in [7, 11) is 1.62. The lowest BCUT2D eigenvalue weighted by Gasteiger charge is -2.10. The van der Waals surface area contributed by atoms with Crippen molar-refractivity contribution in [3.05, 3.63) is 53.2 Å². The molecule has 2 N–H and O–H groups in total. The Bertz CT molecular complexity index is 626. The van der Waals surface area contributed by atoms with E-state index in [1.165, 1.54) is 12.1 Å². The van der Waals surface area contributed by atoms with Gasteiger partial charge in [-0.15, -0.1) is 0 Å². The van der Waals surface area contributed by atoms with E-state index in [0.29, 0.717) is 18.1 Å². The monoisotopic (exact) mass is 272 g/mol. The Hall–Kier alpha value is -2.56. The van der Waals surface area contributed by atoms with Gasteiger partial charge in [0, 0.05) is 17.8 Å². The Labute approximate surface area is 117 Å². The number of carboxylic acids is 1.